The first-order valence-electron chi connectivity index (χ1n) is 7.95. The van der Waals surface area contributed by atoms with E-state index in [-0.39, 0.29) is 12.0 Å². The second-order valence-corrected chi connectivity index (χ2v) is 5.66. The number of likely N-dealkylation sites (tertiary alicyclic amines) is 1. The van der Waals surface area contributed by atoms with Crippen molar-refractivity contribution in [3.63, 3.8) is 0 Å². The van der Waals surface area contributed by atoms with Crippen LogP contribution in [0.4, 0.5) is 0 Å². The van der Waals surface area contributed by atoms with Gasteiger partial charge >= 0.3 is 0 Å². The van der Waals surface area contributed by atoms with Crippen molar-refractivity contribution in [3.8, 4) is 6.07 Å². The lowest BCUT2D eigenvalue weighted by atomic mass is 9.79. The van der Waals surface area contributed by atoms with Crippen molar-refractivity contribution in [1.82, 2.24) is 4.90 Å². The molecule has 1 unspecified atom stereocenters. The van der Waals surface area contributed by atoms with Crippen LogP contribution in [0.2, 0.25) is 0 Å². The van der Waals surface area contributed by atoms with Crippen LogP contribution in [0.3, 0.4) is 0 Å². The highest BCUT2D eigenvalue weighted by Gasteiger charge is 2.41. The van der Waals surface area contributed by atoms with E-state index in [9.17, 15) is 10.1 Å². The highest BCUT2D eigenvalue weighted by atomic mass is 16.5. The zero-order valence-corrected chi connectivity index (χ0v) is 13.2. The van der Waals surface area contributed by atoms with Gasteiger partial charge in [-0.1, -0.05) is 26.7 Å². The predicted molar refractivity (Wildman–Crippen MR) is 79.1 cm³/mol. The predicted octanol–water partition coefficient (Wildman–Crippen LogP) is 3.12. The van der Waals surface area contributed by atoms with Crippen LogP contribution in [0.5, 0.6) is 0 Å². The lowest BCUT2D eigenvalue weighted by Crippen LogP contribution is -2.49. The molecule has 0 aromatic carbocycles. The van der Waals surface area contributed by atoms with Crippen LogP contribution in [0.25, 0.3) is 0 Å². The molecule has 0 N–H and O–H groups in total. The quantitative estimate of drug-likeness (QED) is 0.720. The van der Waals surface area contributed by atoms with Crippen molar-refractivity contribution in [2.45, 2.75) is 65.4 Å². The lowest BCUT2D eigenvalue weighted by molar-refractivity contribution is -0.144. The fourth-order valence-electron chi connectivity index (χ4n) is 3.15. The second-order valence-electron chi connectivity index (χ2n) is 5.66. The Bertz CT molecular complexity index is 341. The third-order valence-electron chi connectivity index (χ3n) is 4.04. The van der Waals surface area contributed by atoms with E-state index in [1.165, 1.54) is 0 Å². The van der Waals surface area contributed by atoms with E-state index in [1.807, 2.05) is 25.7 Å². The van der Waals surface area contributed by atoms with Gasteiger partial charge in [-0.15, -0.1) is 0 Å². The molecule has 20 heavy (non-hydrogen) atoms. The van der Waals surface area contributed by atoms with Gasteiger partial charge in [0, 0.05) is 19.7 Å². The molecule has 0 radical (unpaired) electrons. The Hall–Kier alpha value is -1.08. The number of piperidine rings is 1. The van der Waals surface area contributed by atoms with Gasteiger partial charge in [0.15, 0.2) is 0 Å². The largest absolute Gasteiger partial charge is 0.377 e. The molecule has 0 aromatic heterocycles. The van der Waals surface area contributed by atoms with E-state index in [0.717, 1.165) is 32.2 Å². The summed E-state index contributed by atoms with van der Waals surface area (Å²) in [5, 5.41) is 9.58. The van der Waals surface area contributed by atoms with Gasteiger partial charge in [0.1, 0.15) is 5.41 Å². The topological polar surface area (TPSA) is 53.3 Å². The number of ether oxygens (including phenoxy) is 1. The normalized spacial score (nSPS) is 19.7. The summed E-state index contributed by atoms with van der Waals surface area (Å²) >= 11 is 0. The Labute approximate surface area is 123 Å². The number of rotatable bonds is 7. The average molecular weight is 280 g/mol. The zero-order valence-electron chi connectivity index (χ0n) is 13.2. The molecule has 0 saturated carbocycles. The number of nitriles is 1. The number of carbonyl (C=O) groups is 1. The minimum atomic E-state index is -0.822. The van der Waals surface area contributed by atoms with Crippen LogP contribution < -0.4 is 0 Å². The summed E-state index contributed by atoms with van der Waals surface area (Å²) in [7, 11) is 0. The SMILES string of the molecule is CCCC(C#N)(CCC)C(=O)N1CCCC(OCC)C1. The van der Waals surface area contributed by atoms with Gasteiger partial charge in [-0.3, -0.25) is 4.79 Å². The van der Waals surface area contributed by atoms with Crippen LogP contribution in [-0.4, -0.2) is 36.6 Å². The average Bonchev–Trinajstić information content (AvgIpc) is 2.47. The first-order valence-corrected chi connectivity index (χ1v) is 7.95. The molecular formula is C16H28N2O2. The van der Waals surface area contributed by atoms with Crippen molar-refractivity contribution in [3.05, 3.63) is 0 Å². The van der Waals surface area contributed by atoms with E-state index < -0.39 is 5.41 Å². The maximum atomic E-state index is 12.8. The second kappa shape index (κ2) is 8.26. The molecule has 1 amide bonds. The molecule has 1 atom stereocenters. The Balaban J connectivity index is 2.80. The van der Waals surface area contributed by atoms with E-state index in [4.69, 9.17) is 4.74 Å². The Morgan fingerprint density at radius 3 is 2.50 bits per heavy atom. The molecule has 1 heterocycles. The maximum absolute atomic E-state index is 12.8. The van der Waals surface area contributed by atoms with Crippen molar-refractivity contribution >= 4 is 5.91 Å². The van der Waals surface area contributed by atoms with Gasteiger partial charge in [-0.05, 0) is 32.6 Å². The number of carbonyl (C=O) groups excluding carboxylic acids is 1. The lowest BCUT2D eigenvalue weighted by Gasteiger charge is -2.37. The van der Waals surface area contributed by atoms with Crippen molar-refractivity contribution in [1.29, 1.82) is 5.26 Å². The summed E-state index contributed by atoms with van der Waals surface area (Å²) in [4.78, 5) is 14.7. The van der Waals surface area contributed by atoms with Gasteiger partial charge in [0.2, 0.25) is 5.91 Å². The summed E-state index contributed by atoms with van der Waals surface area (Å²) in [6.07, 6.45) is 5.16. The molecule has 0 spiro atoms. The van der Waals surface area contributed by atoms with Crippen molar-refractivity contribution in [2.24, 2.45) is 5.41 Å². The van der Waals surface area contributed by atoms with Gasteiger partial charge in [0.25, 0.3) is 0 Å². The van der Waals surface area contributed by atoms with Crippen molar-refractivity contribution in [2.75, 3.05) is 19.7 Å². The smallest absolute Gasteiger partial charge is 0.243 e. The molecule has 114 valence electrons. The van der Waals surface area contributed by atoms with Gasteiger partial charge in [-0.2, -0.15) is 5.26 Å². The summed E-state index contributed by atoms with van der Waals surface area (Å²) in [5.74, 6) is 0.0214. The van der Waals surface area contributed by atoms with E-state index >= 15 is 0 Å². The van der Waals surface area contributed by atoms with Gasteiger partial charge in [-0.25, -0.2) is 0 Å². The molecule has 1 aliphatic heterocycles. The minimum absolute atomic E-state index is 0.0214. The monoisotopic (exact) mass is 280 g/mol. The Kier molecular flexibility index (Phi) is 7.01. The third-order valence-corrected chi connectivity index (χ3v) is 4.04. The summed E-state index contributed by atoms with van der Waals surface area (Å²) < 4.78 is 5.65. The standard InChI is InChI=1S/C16H28N2O2/c1-4-9-16(13-17,10-5-2)15(19)18-11-7-8-14(12-18)20-6-3/h14H,4-12H2,1-3H3. The van der Waals surface area contributed by atoms with Crippen LogP contribution >= 0.6 is 0 Å². The molecule has 1 aliphatic rings. The summed E-state index contributed by atoms with van der Waals surface area (Å²) in [6, 6.07) is 2.33. The van der Waals surface area contributed by atoms with Gasteiger partial charge in [0.05, 0.1) is 12.2 Å². The van der Waals surface area contributed by atoms with Crippen LogP contribution in [0, 0.1) is 16.7 Å². The molecule has 0 aliphatic carbocycles. The molecule has 4 heteroatoms. The highest BCUT2D eigenvalue weighted by Crippen LogP contribution is 2.32. The fourth-order valence-corrected chi connectivity index (χ4v) is 3.15. The Morgan fingerprint density at radius 1 is 1.35 bits per heavy atom. The van der Waals surface area contributed by atoms with Gasteiger partial charge < -0.3 is 9.64 Å². The molecule has 0 bridgehead atoms. The first kappa shape index (κ1) is 17.0. The number of hydrogen-bond donors (Lipinski definition) is 0. The maximum Gasteiger partial charge on any atom is 0.243 e. The molecule has 4 nitrogen and oxygen atoms in total. The molecule has 0 aromatic rings. The highest BCUT2D eigenvalue weighted by molar-refractivity contribution is 5.85. The van der Waals surface area contributed by atoms with Crippen molar-refractivity contribution < 1.29 is 9.53 Å². The molecular weight excluding hydrogens is 252 g/mol. The number of hydrogen-bond acceptors (Lipinski definition) is 3. The fraction of sp³-hybridized carbons (Fsp3) is 0.875. The summed E-state index contributed by atoms with van der Waals surface area (Å²) in [5.41, 5.74) is -0.822. The third kappa shape index (κ3) is 3.96. The summed E-state index contributed by atoms with van der Waals surface area (Å²) in [6.45, 7) is 8.14. The number of amides is 1. The van der Waals surface area contributed by atoms with E-state index in [0.29, 0.717) is 26.0 Å². The zero-order chi connectivity index (χ0) is 15.0. The van der Waals surface area contributed by atoms with E-state index in [2.05, 4.69) is 6.07 Å². The van der Waals surface area contributed by atoms with Crippen LogP contribution in [0.15, 0.2) is 0 Å². The minimum Gasteiger partial charge on any atom is -0.377 e. The first-order chi connectivity index (χ1) is 9.63. The van der Waals surface area contributed by atoms with Crippen LogP contribution in [-0.2, 0) is 9.53 Å². The molecule has 1 saturated heterocycles. The van der Waals surface area contributed by atoms with E-state index in [1.54, 1.807) is 0 Å². The molecule has 1 rings (SSSR count). The number of nitrogens with zero attached hydrogens (tertiary/aromatic N) is 2. The Morgan fingerprint density at radius 2 is 2.00 bits per heavy atom. The van der Waals surface area contributed by atoms with Crippen LogP contribution in [0.1, 0.15) is 59.3 Å². The molecule has 1 fully saturated rings.